The minimum absolute atomic E-state index is 0.445. The Labute approximate surface area is 112 Å². The van der Waals surface area contributed by atoms with Crippen LogP contribution in [-0.2, 0) is 0 Å². The molecule has 1 aromatic heterocycles. The van der Waals surface area contributed by atoms with E-state index in [0.29, 0.717) is 11.5 Å². The van der Waals surface area contributed by atoms with Gasteiger partial charge in [0.25, 0.3) is 0 Å². The largest absolute Gasteiger partial charge is 0.380 e. The van der Waals surface area contributed by atoms with E-state index in [0.717, 1.165) is 21.6 Å². The quantitative estimate of drug-likeness (QED) is 0.880. The number of halogens is 1. The van der Waals surface area contributed by atoms with E-state index in [1.807, 2.05) is 30.5 Å². The standard InChI is InChI=1S/C15H17ClN2/c1-10(15(2)7-8-15)18-13-6-5-12(16)11-4-3-9-17-14(11)13/h3-6,9-10,18H,7-8H2,1-2H3. The summed E-state index contributed by atoms with van der Waals surface area (Å²) in [6.45, 7) is 4.58. The van der Waals surface area contributed by atoms with Crippen molar-refractivity contribution >= 4 is 28.2 Å². The summed E-state index contributed by atoms with van der Waals surface area (Å²) in [5.41, 5.74) is 2.48. The molecule has 0 aliphatic heterocycles. The normalized spacial score (nSPS) is 18.6. The van der Waals surface area contributed by atoms with Crippen molar-refractivity contribution in [1.29, 1.82) is 0 Å². The Morgan fingerprint density at radius 2 is 2.11 bits per heavy atom. The Balaban J connectivity index is 1.99. The van der Waals surface area contributed by atoms with Crippen molar-refractivity contribution in [3.05, 3.63) is 35.5 Å². The summed E-state index contributed by atoms with van der Waals surface area (Å²) in [7, 11) is 0. The van der Waals surface area contributed by atoms with Crippen molar-refractivity contribution in [2.75, 3.05) is 5.32 Å². The number of rotatable bonds is 3. The molecular weight excluding hydrogens is 244 g/mol. The van der Waals surface area contributed by atoms with Crippen LogP contribution in [0.1, 0.15) is 26.7 Å². The lowest BCUT2D eigenvalue weighted by Crippen LogP contribution is -2.25. The average molecular weight is 261 g/mol. The first-order chi connectivity index (χ1) is 8.60. The molecule has 1 heterocycles. The lowest BCUT2D eigenvalue weighted by Gasteiger charge is -2.22. The number of pyridine rings is 1. The lowest BCUT2D eigenvalue weighted by molar-refractivity contribution is 0.493. The SMILES string of the molecule is CC(Nc1ccc(Cl)c2cccnc12)C1(C)CC1. The number of benzene rings is 1. The summed E-state index contributed by atoms with van der Waals surface area (Å²) in [4.78, 5) is 4.45. The molecule has 18 heavy (non-hydrogen) atoms. The highest BCUT2D eigenvalue weighted by Crippen LogP contribution is 2.49. The van der Waals surface area contributed by atoms with Crippen molar-refractivity contribution in [2.45, 2.75) is 32.7 Å². The van der Waals surface area contributed by atoms with Gasteiger partial charge in [-0.3, -0.25) is 4.98 Å². The summed E-state index contributed by atoms with van der Waals surface area (Å²) in [5.74, 6) is 0. The average Bonchev–Trinajstić information content (AvgIpc) is 3.13. The first-order valence-corrected chi connectivity index (χ1v) is 6.78. The van der Waals surface area contributed by atoms with Crippen molar-refractivity contribution in [3.63, 3.8) is 0 Å². The van der Waals surface area contributed by atoms with Gasteiger partial charge >= 0.3 is 0 Å². The predicted octanol–water partition coefficient (Wildman–Crippen LogP) is 4.49. The first kappa shape index (κ1) is 11.8. The molecule has 0 spiro atoms. The number of aromatic nitrogens is 1. The van der Waals surface area contributed by atoms with Crippen LogP contribution in [0.15, 0.2) is 30.5 Å². The van der Waals surface area contributed by atoms with Gasteiger partial charge in [0.05, 0.1) is 16.2 Å². The van der Waals surface area contributed by atoms with Crippen molar-refractivity contribution in [3.8, 4) is 0 Å². The van der Waals surface area contributed by atoms with Gasteiger partial charge in [-0.25, -0.2) is 0 Å². The van der Waals surface area contributed by atoms with Crippen LogP contribution in [-0.4, -0.2) is 11.0 Å². The van der Waals surface area contributed by atoms with Gasteiger partial charge in [0.2, 0.25) is 0 Å². The summed E-state index contributed by atoms with van der Waals surface area (Å²) >= 11 is 6.20. The number of nitrogens with one attached hydrogen (secondary N) is 1. The van der Waals surface area contributed by atoms with E-state index in [4.69, 9.17) is 11.6 Å². The fraction of sp³-hybridized carbons (Fsp3) is 0.400. The highest BCUT2D eigenvalue weighted by Gasteiger charge is 2.42. The molecule has 0 bridgehead atoms. The van der Waals surface area contributed by atoms with Crippen LogP contribution in [0.4, 0.5) is 5.69 Å². The molecule has 2 nitrogen and oxygen atoms in total. The van der Waals surface area contributed by atoms with Crippen molar-refractivity contribution in [1.82, 2.24) is 4.98 Å². The van der Waals surface area contributed by atoms with Crippen LogP contribution >= 0.6 is 11.6 Å². The van der Waals surface area contributed by atoms with E-state index in [2.05, 4.69) is 24.1 Å². The Morgan fingerprint density at radius 1 is 1.33 bits per heavy atom. The number of hydrogen-bond acceptors (Lipinski definition) is 2. The molecule has 1 aliphatic rings. The van der Waals surface area contributed by atoms with Crippen LogP contribution in [0.2, 0.25) is 5.02 Å². The molecule has 1 fully saturated rings. The molecule has 94 valence electrons. The Hall–Kier alpha value is -1.28. The highest BCUT2D eigenvalue weighted by atomic mass is 35.5. The van der Waals surface area contributed by atoms with Crippen molar-refractivity contribution in [2.24, 2.45) is 5.41 Å². The van der Waals surface area contributed by atoms with Gasteiger partial charge in [-0.2, -0.15) is 0 Å². The molecule has 1 N–H and O–H groups in total. The molecule has 1 unspecified atom stereocenters. The summed E-state index contributed by atoms with van der Waals surface area (Å²) in [6, 6.07) is 8.36. The molecule has 0 radical (unpaired) electrons. The van der Waals surface area contributed by atoms with Gasteiger partial charge in [-0.1, -0.05) is 18.5 Å². The third kappa shape index (κ3) is 1.95. The Bertz CT molecular complexity index is 590. The fourth-order valence-corrected chi connectivity index (χ4v) is 2.51. The molecule has 0 saturated heterocycles. The van der Waals surface area contributed by atoms with Crippen LogP contribution in [0.5, 0.6) is 0 Å². The lowest BCUT2D eigenvalue weighted by atomic mass is 10.0. The van der Waals surface area contributed by atoms with E-state index in [1.165, 1.54) is 12.8 Å². The molecular formula is C15H17ClN2. The van der Waals surface area contributed by atoms with Gasteiger partial charge in [-0.05, 0) is 49.4 Å². The van der Waals surface area contributed by atoms with E-state index in [9.17, 15) is 0 Å². The smallest absolute Gasteiger partial charge is 0.0948 e. The van der Waals surface area contributed by atoms with Crippen molar-refractivity contribution < 1.29 is 0 Å². The minimum Gasteiger partial charge on any atom is -0.380 e. The molecule has 3 rings (SSSR count). The van der Waals surface area contributed by atoms with E-state index in [1.54, 1.807) is 0 Å². The van der Waals surface area contributed by atoms with Crippen LogP contribution in [0.25, 0.3) is 10.9 Å². The van der Waals surface area contributed by atoms with Crippen LogP contribution < -0.4 is 5.32 Å². The predicted molar refractivity (Wildman–Crippen MR) is 77.2 cm³/mol. The van der Waals surface area contributed by atoms with Crippen LogP contribution in [0, 0.1) is 5.41 Å². The zero-order valence-electron chi connectivity index (χ0n) is 10.7. The second-order valence-corrected chi connectivity index (χ2v) is 5.92. The van der Waals surface area contributed by atoms with Gasteiger partial charge in [0, 0.05) is 17.6 Å². The Kier molecular flexibility index (Phi) is 2.70. The fourth-order valence-electron chi connectivity index (χ4n) is 2.29. The van der Waals surface area contributed by atoms with Gasteiger partial charge < -0.3 is 5.32 Å². The van der Waals surface area contributed by atoms with E-state index in [-0.39, 0.29) is 0 Å². The molecule has 1 atom stereocenters. The third-order valence-corrected chi connectivity index (χ3v) is 4.50. The van der Waals surface area contributed by atoms with Gasteiger partial charge in [-0.15, -0.1) is 0 Å². The van der Waals surface area contributed by atoms with E-state index >= 15 is 0 Å². The number of hydrogen-bond donors (Lipinski definition) is 1. The second-order valence-electron chi connectivity index (χ2n) is 5.51. The van der Waals surface area contributed by atoms with Gasteiger partial charge in [0.15, 0.2) is 0 Å². The minimum atomic E-state index is 0.445. The molecule has 1 aliphatic carbocycles. The van der Waals surface area contributed by atoms with Gasteiger partial charge in [0.1, 0.15) is 0 Å². The zero-order chi connectivity index (χ0) is 12.8. The molecule has 2 aromatic rings. The number of fused-ring (bicyclic) bond motifs is 1. The van der Waals surface area contributed by atoms with Crippen LogP contribution in [0.3, 0.4) is 0 Å². The zero-order valence-corrected chi connectivity index (χ0v) is 11.5. The third-order valence-electron chi connectivity index (χ3n) is 4.17. The molecule has 1 aromatic carbocycles. The monoisotopic (exact) mass is 260 g/mol. The molecule has 3 heteroatoms. The number of nitrogens with zero attached hydrogens (tertiary/aromatic N) is 1. The summed E-state index contributed by atoms with van der Waals surface area (Å²) in [5, 5.41) is 5.36. The molecule has 1 saturated carbocycles. The Morgan fingerprint density at radius 3 is 2.83 bits per heavy atom. The molecule has 0 amide bonds. The van der Waals surface area contributed by atoms with E-state index < -0.39 is 0 Å². The maximum atomic E-state index is 6.20. The maximum absolute atomic E-state index is 6.20. The first-order valence-electron chi connectivity index (χ1n) is 6.40. The topological polar surface area (TPSA) is 24.9 Å². The number of anilines is 1. The second kappa shape index (κ2) is 4.13. The maximum Gasteiger partial charge on any atom is 0.0948 e. The highest BCUT2D eigenvalue weighted by molar-refractivity contribution is 6.35. The summed E-state index contributed by atoms with van der Waals surface area (Å²) in [6.07, 6.45) is 4.42. The summed E-state index contributed by atoms with van der Waals surface area (Å²) < 4.78 is 0.